The minimum Gasteiger partial charge on any atom is -0.507 e. The molecule has 0 spiro atoms. The van der Waals surface area contributed by atoms with Gasteiger partial charge in [-0.15, -0.1) is 0 Å². The average molecular weight is 402 g/mol. The first-order valence-electron chi connectivity index (χ1n) is 10.2. The smallest absolute Gasteiger partial charge is 0.261 e. The summed E-state index contributed by atoms with van der Waals surface area (Å²) < 4.78 is 5.30. The molecule has 4 rings (SSSR count). The molecule has 0 aromatic heterocycles. The Morgan fingerprint density at radius 2 is 1.40 bits per heavy atom. The molecule has 1 fully saturated rings. The number of phenolic OH excluding ortho intramolecular Hbond substituents is 1. The standard InChI is InChI=1S/C25H26N2O3/c1-30-22-14-8-13-21(28)23(22)25(29)27-17-15-26(16-18-27)24(19-9-4-2-5-10-19)20-11-6-3-7-12-20/h2-14,24,28H,15-18H2,1H3. The maximum atomic E-state index is 13.1. The van der Waals surface area contributed by atoms with Gasteiger partial charge in [0.2, 0.25) is 0 Å². The number of phenols is 1. The molecule has 5 nitrogen and oxygen atoms in total. The van der Waals surface area contributed by atoms with Crippen LogP contribution in [-0.2, 0) is 0 Å². The first-order valence-corrected chi connectivity index (χ1v) is 10.2. The SMILES string of the molecule is COc1cccc(O)c1C(=O)N1CCN(C(c2ccccc2)c2ccccc2)CC1. The van der Waals surface area contributed by atoms with Gasteiger partial charge in [-0.25, -0.2) is 0 Å². The van der Waals surface area contributed by atoms with Gasteiger partial charge in [-0.2, -0.15) is 0 Å². The second-order valence-corrected chi connectivity index (χ2v) is 7.41. The molecule has 0 atom stereocenters. The lowest BCUT2D eigenvalue weighted by atomic mass is 9.96. The van der Waals surface area contributed by atoms with Gasteiger partial charge in [0.05, 0.1) is 13.2 Å². The second kappa shape index (κ2) is 9.01. The molecule has 1 aliphatic heterocycles. The van der Waals surface area contributed by atoms with Crippen LogP contribution in [0.3, 0.4) is 0 Å². The minimum atomic E-state index is -0.194. The third-order valence-electron chi connectivity index (χ3n) is 5.64. The highest BCUT2D eigenvalue weighted by atomic mass is 16.5. The number of amides is 1. The zero-order valence-electron chi connectivity index (χ0n) is 17.1. The number of aromatic hydroxyl groups is 1. The van der Waals surface area contributed by atoms with Crippen molar-refractivity contribution in [3.8, 4) is 11.5 Å². The van der Waals surface area contributed by atoms with Gasteiger partial charge < -0.3 is 14.7 Å². The summed E-state index contributed by atoms with van der Waals surface area (Å²) in [5.41, 5.74) is 2.72. The fourth-order valence-corrected chi connectivity index (χ4v) is 4.13. The van der Waals surface area contributed by atoms with E-state index in [0.717, 1.165) is 13.1 Å². The van der Waals surface area contributed by atoms with Crippen LogP contribution in [0.1, 0.15) is 27.5 Å². The van der Waals surface area contributed by atoms with Crippen LogP contribution in [0.25, 0.3) is 0 Å². The Bertz CT molecular complexity index is 944. The van der Waals surface area contributed by atoms with Crippen molar-refractivity contribution in [1.82, 2.24) is 9.80 Å². The van der Waals surface area contributed by atoms with Gasteiger partial charge >= 0.3 is 0 Å². The number of nitrogens with zero attached hydrogens (tertiary/aromatic N) is 2. The van der Waals surface area contributed by atoms with E-state index in [1.54, 1.807) is 17.0 Å². The largest absolute Gasteiger partial charge is 0.507 e. The Labute approximate surface area is 177 Å². The number of hydrogen-bond acceptors (Lipinski definition) is 4. The Balaban J connectivity index is 1.54. The minimum absolute atomic E-state index is 0.0479. The number of carbonyl (C=O) groups is 1. The Hall–Kier alpha value is -3.31. The average Bonchev–Trinajstić information content (AvgIpc) is 2.80. The van der Waals surface area contributed by atoms with Crippen molar-refractivity contribution in [2.75, 3.05) is 33.3 Å². The van der Waals surface area contributed by atoms with Gasteiger partial charge in [-0.1, -0.05) is 66.7 Å². The molecule has 5 heteroatoms. The number of piperazine rings is 1. The first kappa shape index (κ1) is 20.0. The zero-order chi connectivity index (χ0) is 20.9. The number of ether oxygens (including phenoxy) is 1. The Kier molecular flexibility index (Phi) is 6.00. The van der Waals surface area contributed by atoms with Crippen molar-refractivity contribution < 1.29 is 14.6 Å². The highest BCUT2D eigenvalue weighted by Gasteiger charge is 2.30. The molecule has 0 aliphatic carbocycles. The summed E-state index contributed by atoms with van der Waals surface area (Å²) in [5, 5.41) is 10.2. The van der Waals surface area contributed by atoms with Crippen LogP contribution in [0.5, 0.6) is 11.5 Å². The molecule has 1 heterocycles. The molecule has 1 amide bonds. The van der Waals surface area contributed by atoms with Crippen molar-refractivity contribution >= 4 is 5.91 Å². The summed E-state index contributed by atoms with van der Waals surface area (Å²) in [6.07, 6.45) is 0. The third kappa shape index (κ3) is 4.02. The van der Waals surface area contributed by atoms with Crippen LogP contribution in [-0.4, -0.2) is 54.1 Å². The van der Waals surface area contributed by atoms with Crippen LogP contribution in [0, 0.1) is 0 Å². The van der Waals surface area contributed by atoms with Crippen LogP contribution < -0.4 is 4.74 Å². The van der Waals surface area contributed by atoms with Gasteiger partial charge in [0.1, 0.15) is 17.1 Å². The molecule has 30 heavy (non-hydrogen) atoms. The number of carbonyl (C=O) groups excluding carboxylic acids is 1. The monoisotopic (exact) mass is 402 g/mol. The molecule has 154 valence electrons. The summed E-state index contributed by atoms with van der Waals surface area (Å²) in [5.74, 6) is 0.155. The fraction of sp³-hybridized carbons (Fsp3) is 0.240. The van der Waals surface area contributed by atoms with E-state index in [4.69, 9.17) is 4.74 Å². The second-order valence-electron chi connectivity index (χ2n) is 7.41. The highest BCUT2D eigenvalue weighted by molar-refractivity contribution is 5.99. The molecule has 3 aromatic rings. The number of methoxy groups -OCH3 is 1. The number of hydrogen-bond donors (Lipinski definition) is 1. The van der Waals surface area contributed by atoms with Gasteiger partial charge in [0.25, 0.3) is 5.91 Å². The fourth-order valence-electron chi connectivity index (χ4n) is 4.13. The highest BCUT2D eigenvalue weighted by Crippen LogP contribution is 2.32. The summed E-state index contributed by atoms with van der Waals surface area (Å²) >= 11 is 0. The maximum Gasteiger partial charge on any atom is 0.261 e. The van der Waals surface area contributed by atoms with Crippen molar-refractivity contribution in [3.05, 3.63) is 95.6 Å². The Morgan fingerprint density at radius 3 is 1.93 bits per heavy atom. The first-order chi connectivity index (χ1) is 14.7. The molecule has 0 unspecified atom stereocenters. The normalized spacial score (nSPS) is 14.7. The van der Waals surface area contributed by atoms with Gasteiger partial charge in [-0.05, 0) is 23.3 Å². The van der Waals surface area contributed by atoms with E-state index < -0.39 is 0 Å². The molecular weight excluding hydrogens is 376 g/mol. The van der Waals surface area contributed by atoms with E-state index >= 15 is 0 Å². The van der Waals surface area contributed by atoms with Crippen LogP contribution in [0.15, 0.2) is 78.9 Å². The summed E-state index contributed by atoms with van der Waals surface area (Å²) in [6.45, 7) is 2.67. The van der Waals surface area contributed by atoms with E-state index in [1.165, 1.54) is 24.3 Å². The molecule has 1 N–H and O–H groups in total. The number of benzene rings is 3. The molecule has 0 radical (unpaired) electrons. The van der Waals surface area contributed by atoms with Gasteiger partial charge in [-0.3, -0.25) is 9.69 Å². The van der Waals surface area contributed by atoms with Gasteiger partial charge in [0, 0.05) is 26.2 Å². The predicted octanol–water partition coefficient (Wildman–Crippen LogP) is 3.95. The van der Waals surface area contributed by atoms with Crippen LogP contribution in [0.2, 0.25) is 0 Å². The van der Waals surface area contributed by atoms with E-state index in [-0.39, 0.29) is 23.3 Å². The third-order valence-corrected chi connectivity index (χ3v) is 5.64. The predicted molar refractivity (Wildman–Crippen MR) is 117 cm³/mol. The van der Waals surface area contributed by atoms with Crippen molar-refractivity contribution in [2.24, 2.45) is 0 Å². The summed E-state index contributed by atoms with van der Waals surface area (Å²) in [6, 6.07) is 26.0. The van der Waals surface area contributed by atoms with Crippen molar-refractivity contribution in [3.63, 3.8) is 0 Å². The van der Waals surface area contributed by atoms with Crippen LogP contribution in [0.4, 0.5) is 0 Å². The Morgan fingerprint density at radius 1 is 0.833 bits per heavy atom. The molecule has 0 saturated carbocycles. The van der Waals surface area contributed by atoms with Crippen molar-refractivity contribution in [1.29, 1.82) is 0 Å². The van der Waals surface area contributed by atoms with E-state index in [0.29, 0.717) is 18.8 Å². The lowest BCUT2D eigenvalue weighted by Crippen LogP contribution is -2.49. The summed E-state index contributed by atoms with van der Waals surface area (Å²) in [7, 11) is 1.51. The topological polar surface area (TPSA) is 53.0 Å². The number of rotatable bonds is 5. The molecule has 1 aliphatic rings. The lowest BCUT2D eigenvalue weighted by Gasteiger charge is -2.40. The summed E-state index contributed by atoms with van der Waals surface area (Å²) in [4.78, 5) is 17.3. The molecule has 1 saturated heterocycles. The molecule has 0 bridgehead atoms. The van der Waals surface area contributed by atoms with Crippen LogP contribution >= 0.6 is 0 Å². The molecule has 3 aromatic carbocycles. The van der Waals surface area contributed by atoms with E-state index in [2.05, 4.69) is 53.4 Å². The van der Waals surface area contributed by atoms with Crippen molar-refractivity contribution in [2.45, 2.75) is 6.04 Å². The molecular formula is C25H26N2O3. The van der Waals surface area contributed by atoms with E-state index in [1.807, 2.05) is 12.1 Å². The van der Waals surface area contributed by atoms with E-state index in [9.17, 15) is 9.90 Å². The zero-order valence-corrected chi connectivity index (χ0v) is 17.1. The lowest BCUT2D eigenvalue weighted by molar-refractivity contribution is 0.0591. The van der Waals surface area contributed by atoms with Gasteiger partial charge in [0.15, 0.2) is 0 Å². The quantitative estimate of drug-likeness (QED) is 0.702. The maximum absolute atomic E-state index is 13.1.